The molecule has 2 aliphatic rings. The van der Waals surface area contributed by atoms with E-state index >= 15 is 0 Å². The van der Waals surface area contributed by atoms with Gasteiger partial charge >= 0.3 is 5.97 Å². The summed E-state index contributed by atoms with van der Waals surface area (Å²) in [6.07, 6.45) is 5.43. The van der Waals surface area contributed by atoms with E-state index in [0.29, 0.717) is 17.9 Å². The van der Waals surface area contributed by atoms with E-state index in [2.05, 4.69) is 0 Å². The molecule has 2 N–H and O–H groups in total. The molecule has 5 nitrogen and oxygen atoms in total. The highest BCUT2D eigenvalue weighted by molar-refractivity contribution is 7.91. The van der Waals surface area contributed by atoms with Crippen LogP contribution < -0.4 is 0 Å². The number of aliphatic carboxylic acids is 1. The van der Waals surface area contributed by atoms with Gasteiger partial charge in [-0.1, -0.05) is 37.8 Å². The molecule has 0 heterocycles. The topological polar surface area (TPSA) is 91.7 Å². The molecule has 0 aromatic heterocycles. The third-order valence-electron chi connectivity index (χ3n) is 5.66. The number of rotatable bonds is 7. The number of carbonyl (C=O) groups is 1. The molecule has 6 heteroatoms. The second-order valence-corrected chi connectivity index (χ2v) is 9.16. The Morgan fingerprint density at radius 2 is 1.79 bits per heavy atom. The number of aliphatic hydroxyl groups excluding tert-OH is 1. The number of carboxylic acid groups (broad SMARTS) is 1. The summed E-state index contributed by atoms with van der Waals surface area (Å²) in [5.41, 5.74) is -0.115. The summed E-state index contributed by atoms with van der Waals surface area (Å²) >= 11 is 0. The van der Waals surface area contributed by atoms with Gasteiger partial charge in [-0.25, -0.2) is 8.42 Å². The van der Waals surface area contributed by atoms with Gasteiger partial charge in [-0.05, 0) is 42.4 Å². The van der Waals surface area contributed by atoms with Crippen LogP contribution in [-0.4, -0.2) is 37.0 Å². The second-order valence-electron chi connectivity index (χ2n) is 7.05. The number of carboxylic acids is 1. The molecule has 0 bridgehead atoms. The molecule has 0 radical (unpaired) electrons. The fourth-order valence-electron chi connectivity index (χ4n) is 4.25. The van der Waals surface area contributed by atoms with Gasteiger partial charge in [0, 0.05) is 6.61 Å². The van der Waals surface area contributed by atoms with Gasteiger partial charge in [0.2, 0.25) is 0 Å². The highest BCUT2D eigenvalue weighted by Gasteiger charge is 2.63. The van der Waals surface area contributed by atoms with Crippen molar-refractivity contribution in [2.24, 2.45) is 11.8 Å². The lowest BCUT2D eigenvalue weighted by molar-refractivity contribution is -0.140. The molecule has 24 heavy (non-hydrogen) atoms. The molecular weight excluding hydrogens is 328 g/mol. The first-order valence-corrected chi connectivity index (χ1v) is 10.2. The third-order valence-corrected chi connectivity index (χ3v) is 7.48. The van der Waals surface area contributed by atoms with Crippen molar-refractivity contribution in [1.29, 1.82) is 0 Å². The van der Waals surface area contributed by atoms with Gasteiger partial charge in [0.25, 0.3) is 0 Å². The first-order chi connectivity index (χ1) is 11.4. The zero-order valence-electron chi connectivity index (χ0n) is 13.6. The van der Waals surface area contributed by atoms with E-state index in [1.807, 2.05) is 0 Å². The van der Waals surface area contributed by atoms with E-state index in [1.54, 1.807) is 12.1 Å². The van der Waals surface area contributed by atoms with Crippen LogP contribution >= 0.6 is 0 Å². The fraction of sp³-hybridized carbons (Fsp3) is 0.611. The highest BCUT2D eigenvalue weighted by atomic mass is 32.2. The summed E-state index contributed by atoms with van der Waals surface area (Å²) in [6, 6.07) is 6.34. The summed E-state index contributed by atoms with van der Waals surface area (Å²) in [6.45, 7) is -0.164. The van der Waals surface area contributed by atoms with Crippen molar-refractivity contribution >= 4 is 15.8 Å². The molecule has 2 unspecified atom stereocenters. The van der Waals surface area contributed by atoms with Crippen molar-refractivity contribution in [2.45, 2.75) is 48.8 Å². The molecular formula is C18H24O5S. The molecule has 0 saturated heterocycles. The van der Waals surface area contributed by atoms with E-state index in [0.717, 1.165) is 12.8 Å². The van der Waals surface area contributed by atoms with Crippen LogP contribution in [0.5, 0.6) is 0 Å². The molecule has 132 valence electrons. The van der Waals surface area contributed by atoms with Crippen molar-refractivity contribution in [2.75, 3.05) is 12.4 Å². The quantitative estimate of drug-likeness (QED) is 0.786. The van der Waals surface area contributed by atoms with E-state index in [9.17, 15) is 18.3 Å². The van der Waals surface area contributed by atoms with Crippen LogP contribution in [0.15, 0.2) is 29.2 Å². The van der Waals surface area contributed by atoms with Crippen LogP contribution in [0.3, 0.4) is 0 Å². The minimum Gasteiger partial charge on any atom is -0.481 e. The Hall–Kier alpha value is -1.40. The smallest absolute Gasteiger partial charge is 0.314 e. The fourth-order valence-corrected chi connectivity index (χ4v) is 5.55. The SMILES string of the molecule is O=C(O)C1(c2ccc(S(=O)(=O)CCCO)cc2)CC1C1CCCC1. The first kappa shape index (κ1) is 17.4. The van der Waals surface area contributed by atoms with Crippen molar-refractivity contribution in [3.8, 4) is 0 Å². The van der Waals surface area contributed by atoms with Gasteiger partial charge in [-0.2, -0.15) is 0 Å². The van der Waals surface area contributed by atoms with Crippen molar-refractivity contribution in [3.63, 3.8) is 0 Å². The largest absolute Gasteiger partial charge is 0.481 e. The van der Waals surface area contributed by atoms with Crippen molar-refractivity contribution in [3.05, 3.63) is 29.8 Å². The predicted octanol–water partition coefficient (Wildman–Crippen LogP) is 2.38. The normalized spacial score (nSPS) is 27.3. The Morgan fingerprint density at radius 3 is 2.33 bits per heavy atom. The average Bonchev–Trinajstić information content (AvgIpc) is 3.10. The Bertz CT molecular complexity index is 703. The molecule has 2 atom stereocenters. The lowest BCUT2D eigenvalue weighted by Crippen LogP contribution is -2.24. The first-order valence-electron chi connectivity index (χ1n) is 8.59. The monoisotopic (exact) mass is 352 g/mol. The maximum absolute atomic E-state index is 12.1. The molecule has 0 spiro atoms. The number of hydrogen-bond acceptors (Lipinski definition) is 4. The van der Waals surface area contributed by atoms with Crippen LogP contribution in [0, 0.1) is 11.8 Å². The minimum absolute atomic E-state index is 0.0996. The van der Waals surface area contributed by atoms with Gasteiger partial charge < -0.3 is 10.2 Å². The Morgan fingerprint density at radius 1 is 1.17 bits per heavy atom. The molecule has 1 aromatic rings. The average molecular weight is 352 g/mol. The van der Waals surface area contributed by atoms with E-state index in [-0.39, 0.29) is 29.6 Å². The van der Waals surface area contributed by atoms with Crippen LogP contribution in [0.25, 0.3) is 0 Å². The van der Waals surface area contributed by atoms with Crippen LogP contribution in [0.1, 0.15) is 44.1 Å². The van der Waals surface area contributed by atoms with Gasteiger partial charge in [0.15, 0.2) is 9.84 Å². The highest BCUT2D eigenvalue weighted by Crippen LogP contribution is 2.61. The van der Waals surface area contributed by atoms with Gasteiger partial charge in [0.1, 0.15) is 0 Å². The maximum Gasteiger partial charge on any atom is 0.314 e. The number of benzene rings is 1. The van der Waals surface area contributed by atoms with E-state index in [4.69, 9.17) is 5.11 Å². The molecule has 3 rings (SSSR count). The van der Waals surface area contributed by atoms with Gasteiger partial charge in [-0.15, -0.1) is 0 Å². The predicted molar refractivity (Wildman–Crippen MR) is 89.6 cm³/mol. The number of hydrogen-bond donors (Lipinski definition) is 2. The number of aliphatic hydroxyl groups is 1. The zero-order valence-corrected chi connectivity index (χ0v) is 14.5. The summed E-state index contributed by atoms with van der Waals surface area (Å²) in [4.78, 5) is 12.1. The summed E-state index contributed by atoms with van der Waals surface area (Å²) in [7, 11) is -3.42. The zero-order chi connectivity index (χ0) is 17.4. The summed E-state index contributed by atoms with van der Waals surface area (Å²) < 4.78 is 24.3. The van der Waals surface area contributed by atoms with Crippen LogP contribution in [-0.2, 0) is 20.0 Å². The lowest BCUT2D eigenvalue weighted by atomic mass is 9.87. The maximum atomic E-state index is 12.1. The van der Waals surface area contributed by atoms with E-state index < -0.39 is 21.2 Å². The van der Waals surface area contributed by atoms with Crippen LogP contribution in [0.4, 0.5) is 0 Å². The van der Waals surface area contributed by atoms with Gasteiger partial charge in [-0.3, -0.25) is 4.79 Å². The molecule has 2 aliphatic carbocycles. The Balaban J connectivity index is 1.83. The molecule has 0 aliphatic heterocycles. The molecule has 2 fully saturated rings. The molecule has 0 amide bonds. The Labute approximate surface area is 142 Å². The number of sulfone groups is 1. The Kier molecular flexibility index (Phi) is 4.71. The summed E-state index contributed by atoms with van der Waals surface area (Å²) in [5, 5.41) is 18.6. The van der Waals surface area contributed by atoms with Crippen molar-refractivity contribution in [1.82, 2.24) is 0 Å². The second kappa shape index (κ2) is 6.48. The van der Waals surface area contributed by atoms with Crippen molar-refractivity contribution < 1.29 is 23.4 Å². The summed E-state index contributed by atoms with van der Waals surface area (Å²) in [5.74, 6) is -0.240. The molecule has 2 saturated carbocycles. The third kappa shape index (κ3) is 2.97. The minimum atomic E-state index is -3.42. The standard InChI is InChI=1S/C18H24O5S/c19-10-3-11-24(22,23)15-8-6-14(7-9-15)18(17(20)21)12-16(18)13-4-1-2-5-13/h6-9,13,16,19H,1-5,10-12H2,(H,20,21). The lowest BCUT2D eigenvalue weighted by Gasteiger charge is -2.17. The van der Waals surface area contributed by atoms with E-state index in [1.165, 1.54) is 25.0 Å². The molecule has 1 aromatic carbocycles. The van der Waals surface area contributed by atoms with Gasteiger partial charge in [0.05, 0.1) is 16.1 Å². The van der Waals surface area contributed by atoms with Crippen LogP contribution in [0.2, 0.25) is 0 Å².